The topological polar surface area (TPSA) is 70.2 Å². The molecule has 5 heteroatoms. The SMILES string of the molecule is CNC(=O)c1cccc(NCC(=O)Nc2cc(C)cc(C)c2)c1. The van der Waals surface area contributed by atoms with Crippen LogP contribution in [0.5, 0.6) is 0 Å². The Labute approximate surface area is 136 Å². The Bertz CT molecular complexity index is 706. The van der Waals surface area contributed by atoms with Gasteiger partial charge in [0.15, 0.2) is 0 Å². The van der Waals surface area contributed by atoms with E-state index in [1.807, 2.05) is 32.0 Å². The summed E-state index contributed by atoms with van der Waals surface area (Å²) >= 11 is 0. The van der Waals surface area contributed by atoms with Gasteiger partial charge >= 0.3 is 0 Å². The molecule has 3 N–H and O–H groups in total. The van der Waals surface area contributed by atoms with Crippen LogP contribution in [0.3, 0.4) is 0 Å². The number of amides is 2. The zero-order valence-corrected chi connectivity index (χ0v) is 13.6. The third-order valence-corrected chi connectivity index (χ3v) is 3.31. The van der Waals surface area contributed by atoms with Gasteiger partial charge in [-0.15, -0.1) is 0 Å². The number of hydrogen-bond acceptors (Lipinski definition) is 3. The monoisotopic (exact) mass is 311 g/mol. The predicted molar refractivity (Wildman–Crippen MR) is 92.9 cm³/mol. The Morgan fingerprint density at radius 1 is 0.957 bits per heavy atom. The van der Waals surface area contributed by atoms with Gasteiger partial charge in [-0.3, -0.25) is 9.59 Å². The molecule has 0 saturated carbocycles. The highest BCUT2D eigenvalue weighted by molar-refractivity contribution is 5.96. The molecule has 0 aliphatic heterocycles. The minimum Gasteiger partial charge on any atom is -0.376 e. The van der Waals surface area contributed by atoms with E-state index in [2.05, 4.69) is 22.0 Å². The Kier molecular flexibility index (Phi) is 5.36. The summed E-state index contributed by atoms with van der Waals surface area (Å²) in [6.45, 7) is 4.11. The van der Waals surface area contributed by atoms with Crippen molar-refractivity contribution in [3.8, 4) is 0 Å². The highest BCUT2D eigenvalue weighted by Crippen LogP contribution is 2.14. The molecule has 0 spiro atoms. The number of hydrogen-bond donors (Lipinski definition) is 3. The smallest absolute Gasteiger partial charge is 0.251 e. The van der Waals surface area contributed by atoms with E-state index in [1.165, 1.54) is 0 Å². The van der Waals surface area contributed by atoms with Gasteiger partial charge in [-0.05, 0) is 55.3 Å². The average molecular weight is 311 g/mol. The second-order valence-corrected chi connectivity index (χ2v) is 5.44. The Morgan fingerprint density at radius 2 is 1.65 bits per heavy atom. The zero-order valence-electron chi connectivity index (χ0n) is 13.6. The van der Waals surface area contributed by atoms with Crippen molar-refractivity contribution in [2.24, 2.45) is 0 Å². The van der Waals surface area contributed by atoms with Gasteiger partial charge in [-0.2, -0.15) is 0 Å². The molecule has 0 saturated heterocycles. The van der Waals surface area contributed by atoms with Crippen molar-refractivity contribution in [1.29, 1.82) is 0 Å². The van der Waals surface area contributed by atoms with E-state index in [4.69, 9.17) is 0 Å². The number of rotatable bonds is 5. The zero-order chi connectivity index (χ0) is 16.8. The lowest BCUT2D eigenvalue weighted by atomic mass is 10.1. The highest BCUT2D eigenvalue weighted by atomic mass is 16.2. The van der Waals surface area contributed by atoms with E-state index in [-0.39, 0.29) is 18.4 Å². The summed E-state index contributed by atoms with van der Waals surface area (Å²) in [7, 11) is 1.58. The normalized spacial score (nSPS) is 10.0. The number of aryl methyl sites for hydroxylation is 2. The summed E-state index contributed by atoms with van der Waals surface area (Å²) < 4.78 is 0. The molecule has 2 amide bonds. The van der Waals surface area contributed by atoms with Crippen LogP contribution in [0.2, 0.25) is 0 Å². The van der Waals surface area contributed by atoms with Crippen LogP contribution in [0, 0.1) is 13.8 Å². The van der Waals surface area contributed by atoms with Gasteiger partial charge in [0.1, 0.15) is 0 Å². The van der Waals surface area contributed by atoms with Gasteiger partial charge in [0.05, 0.1) is 6.54 Å². The van der Waals surface area contributed by atoms with Crippen LogP contribution in [0.1, 0.15) is 21.5 Å². The Morgan fingerprint density at radius 3 is 2.30 bits per heavy atom. The van der Waals surface area contributed by atoms with Gasteiger partial charge in [0, 0.05) is 24.0 Å². The van der Waals surface area contributed by atoms with Crippen molar-refractivity contribution in [2.45, 2.75) is 13.8 Å². The molecule has 0 radical (unpaired) electrons. The van der Waals surface area contributed by atoms with Crippen LogP contribution in [0.15, 0.2) is 42.5 Å². The average Bonchev–Trinajstić information content (AvgIpc) is 2.51. The molecule has 0 unspecified atom stereocenters. The van der Waals surface area contributed by atoms with Gasteiger partial charge in [-0.25, -0.2) is 0 Å². The van der Waals surface area contributed by atoms with Crippen molar-refractivity contribution in [2.75, 3.05) is 24.2 Å². The van der Waals surface area contributed by atoms with Crippen molar-refractivity contribution in [3.63, 3.8) is 0 Å². The molecule has 5 nitrogen and oxygen atoms in total. The van der Waals surface area contributed by atoms with Crippen LogP contribution in [-0.2, 0) is 4.79 Å². The first kappa shape index (κ1) is 16.5. The maximum absolute atomic E-state index is 12.0. The number of nitrogens with one attached hydrogen (secondary N) is 3. The van der Waals surface area contributed by atoms with E-state index >= 15 is 0 Å². The van der Waals surface area contributed by atoms with Crippen LogP contribution < -0.4 is 16.0 Å². The molecule has 2 aromatic rings. The minimum atomic E-state index is -0.159. The van der Waals surface area contributed by atoms with Crippen molar-refractivity contribution < 1.29 is 9.59 Å². The molecular weight excluding hydrogens is 290 g/mol. The lowest BCUT2D eigenvalue weighted by Gasteiger charge is -2.10. The molecule has 0 atom stereocenters. The molecule has 0 aromatic heterocycles. The van der Waals surface area contributed by atoms with Crippen molar-refractivity contribution >= 4 is 23.2 Å². The summed E-state index contributed by atoms with van der Waals surface area (Å²) in [5.74, 6) is -0.298. The van der Waals surface area contributed by atoms with E-state index in [0.717, 1.165) is 22.5 Å². The number of benzene rings is 2. The van der Waals surface area contributed by atoms with Crippen LogP contribution in [-0.4, -0.2) is 25.4 Å². The van der Waals surface area contributed by atoms with Gasteiger partial charge in [-0.1, -0.05) is 12.1 Å². The number of carbonyl (C=O) groups is 2. The molecule has 0 fully saturated rings. The quantitative estimate of drug-likeness (QED) is 0.795. The number of carbonyl (C=O) groups excluding carboxylic acids is 2. The standard InChI is InChI=1S/C18H21N3O2/c1-12-7-13(2)9-16(8-12)21-17(22)11-20-15-6-4-5-14(10-15)18(23)19-3/h4-10,20H,11H2,1-3H3,(H,19,23)(H,21,22). The van der Waals surface area contributed by atoms with Crippen LogP contribution in [0.25, 0.3) is 0 Å². The van der Waals surface area contributed by atoms with Crippen molar-refractivity contribution in [3.05, 3.63) is 59.2 Å². The van der Waals surface area contributed by atoms with Crippen LogP contribution in [0.4, 0.5) is 11.4 Å². The molecule has 23 heavy (non-hydrogen) atoms. The molecule has 0 aliphatic rings. The predicted octanol–water partition coefficient (Wildman–Crippen LogP) is 2.71. The first-order valence-electron chi connectivity index (χ1n) is 7.42. The maximum Gasteiger partial charge on any atom is 0.251 e. The summed E-state index contributed by atoms with van der Waals surface area (Å²) in [6.07, 6.45) is 0. The number of anilines is 2. The largest absolute Gasteiger partial charge is 0.376 e. The molecule has 0 bridgehead atoms. The molecular formula is C18H21N3O2. The maximum atomic E-state index is 12.0. The lowest BCUT2D eigenvalue weighted by Crippen LogP contribution is -2.22. The van der Waals surface area contributed by atoms with Gasteiger partial charge < -0.3 is 16.0 Å². The fourth-order valence-electron chi connectivity index (χ4n) is 2.35. The third kappa shape index (κ3) is 4.85. The van der Waals surface area contributed by atoms with E-state index in [0.29, 0.717) is 5.56 Å². The first-order chi connectivity index (χ1) is 11.0. The molecule has 2 rings (SSSR count). The highest BCUT2D eigenvalue weighted by Gasteiger charge is 2.06. The molecule has 120 valence electrons. The third-order valence-electron chi connectivity index (χ3n) is 3.31. The second-order valence-electron chi connectivity index (χ2n) is 5.44. The molecule has 0 aliphatic carbocycles. The van der Waals surface area contributed by atoms with E-state index < -0.39 is 0 Å². The first-order valence-corrected chi connectivity index (χ1v) is 7.42. The Hall–Kier alpha value is -2.82. The van der Waals surface area contributed by atoms with Gasteiger partial charge in [0.2, 0.25) is 5.91 Å². The minimum absolute atomic E-state index is 0.129. The van der Waals surface area contributed by atoms with E-state index in [9.17, 15) is 9.59 Å². The lowest BCUT2D eigenvalue weighted by molar-refractivity contribution is -0.114. The Balaban J connectivity index is 1.95. The molecule has 2 aromatic carbocycles. The van der Waals surface area contributed by atoms with Gasteiger partial charge in [0.25, 0.3) is 5.91 Å². The summed E-state index contributed by atoms with van der Waals surface area (Å²) in [5, 5.41) is 8.45. The fraction of sp³-hybridized carbons (Fsp3) is 0.222. The van der Waals surface area contributed by atoms with Crippen molar-refractivity contribution in [1.82, 2.24) is 5.32 Å². The summed E-state index contributed by atoms with van der Waals surface area (Å²) in [6, 6.07) is 12.9. The summed E-state index contributed by atoms with van der Waals surface area (Å²) in [5.41, 5.74) is 4.26. The molecule has 0 heterocycles. The fourth-order valence-corrected chi connectivity index (χ4v) is 2.35. The summed E-state index contributed by atoms with van der Waals surface area (Å²) in [4.78, 5) is 23.6. The second kappa shape index (κ2) is 7.45. The van der Waals surface area contributed by atoms with E-state index in [1.54, 1.807) is 25.2 Å². The van der Waals surface area contributed by atoms with Crippen LogP contribution >= 0.6 is 0 Å².